The fourth-order valence-corrected chi connectivity index (χ4v) is 5.15. The highest BCUT2D eigenvalue weighted by molar-refractivity contribution is 7.89. The van der Waals surface area contributed by atoms with Crippen LogP contribution in [0.25, 0.3) is 11.4 Å². The standard InChI is InChI=1S/C22H23ClN4O4S/c23-18-8-4-16(5-9-18)12-13-24-21(28)22-25-20(26-31-22)17-6-10-19(11-7-17)32(29,30)27-14-2-1-3-15-27/h4-11H,1-3,12-15H2,(H,24,28). The molecule has 1 aliphatic rings. The van der Waals surface area contributed by atoms with Crippen molar-refractivity contribution in [2.24, 2.45) is 0 Å². The van der Waals surface area contributed by atoms with Crippen molar-refractivity contribution in [2.75, 3.05) is 19.6 Å². The summed E-state index contributed by atoms with van der Waals surface area (Å²) in [5.74, 6) is -0.405. The lowest BCUT2D eigenvalue weighted by molar-refractivity contribution is 0.0910. The Bertz CT molecular complexity index is 1170. The van der Waals surface area contributed by atoms with Crippen LogP contribution in [0.15, 0.2) is 57.9 Å². The number of piperidine rings is 1. The first-order valence-corrected chi connectivity index (χ1v) is 12.2. The van der Waals surface area contributed by atoms with Crippen LogP contribution in [-0.2, 0) is 16.4 Å². The maximum atomic E-state index is 12.8. The first kappa shape index (κ1) is 22.4. The highest BCUT2D eigenvalue weighted by atomic mass is 35.5. The van der Waals surface area contributed by atoms with Crippen molar-refractivity contribution in [3.63, 3.8) is 0 Å². The summed E-state index contributed by atoms with van der Waals surface area (Å²) >= 11 is 5.87. The lowest BCUT2D eigenvalue weighted by Gasteiger charge is -2.25. The van der Waals surface area contributed by atoms with Crippen molar-refractivity contribution in [2.45, 2.75) is 30.6 Å². The van der Waals surface area contributed by atoms with E-state index in [9.17, 15) is 13.2 Å². The minimum atomic E-state index is -3.51. The minimum Gasteiger partial charge on any atom is -0.347 e. The molecule has 3 aromatic rings. The molecule has 1 aromatic heterocycles. The van der Waals surface area contributed by atoms with E-state index in [1.165, 1.54) is 16.4 Å². The fourth-order valence-electron chi connectivity index (χ4n) is 3.51. The zero-order valence-corrected chi connectivity index (χ0v) is 18.9. The summed E-state index contributed by atoms with van der Waals surface area (Å²) in [7, 11) is -3.51. The predicted molar refractivity (Wildman–Crippen MR) is 120 cm³/mol. The number of nitrogens with zero attached hydrogens (tertiary/aromatic N) is 3. The third-order valence-electron chi connectivity index (χ3n) is 5.30. The smallest absolute Gasteiger partial charge is 0.316 e. The van der Waals surface area contributed by atoms with E-state index in [1.54, 1.807) is 24.3 Å². The van der Waals surface area contributed by atoms with E-state index in [-0.39, 0.29) is 16.6 Å². The Morgan fingerprint density at radius 1 is 1.03 bits per heavy atom. The van der Waals surface area contributed by atoms with Gasteiger partial charge in [0.1, 0.15) is 0 Å². The molecule has 32 heavy (non-hydrogen) atoms. The average molecular weight is 475 g/mol. The van der Waals surface area contributed by atoms with Crippen LogP contribution in [-0.4, -0.2) is 48.4 Å². The Morgan fingerprint density at radius 2 is 1.72 bits per heavy atom. The molecule has 10 heteroatoms. The highest BCUT2D eigenvalue weighted by Gasteiger charge is 2.26. The van der Waals surface area contributed by atoms with E-state index in [1.807, 2.05) is 12.1 Å². The summed E-state index contributed by atoms with van der Waals surface area (Å²) in [6, 6.07) is 13.7. The van der Waals surface area contributed by atoms with Crippen LogP contribution < -0.4 is 5.32 Å². The molecule has 1 N–H and O–H groups in total. The number of benzene rings is 2. The zero-order chi connectivity index (χ0) is 22.6. The minimum absolute atomic E-state index is 0.152. The second-order valence-electron chi connectivity index (χ2n) is 7.54. The second-order valence-corrected chi connectivity index (χ2v) is 9.92. The van der Waals surface area contributed by atoms with Gasteiger partial charge < -0.3 is 9.84 Å². The van der Waals surface area contributed by atoms with Crippen molar-refractivity contribution < 1.29 is 17.7 Å². The summed E-state index contributed by atoms with van der Waals surface area (Å²) in [6.45, 7) is 1.50. The molecule has 8 nitrogen and oxygen atoms in total. The summed E-state index contributed by atoms with van der Waals surface area (Å²) < 4.78 is 32.1. The molecule has 0 aliphatic carbocycles. The lowest BCUT2D eigenvalue weighted by Crippen LogP contribution is -2.35. The van der Waals surface area contributed by atoms with Gasteiger partial charge in [-0.3, -0.25) is 4.79 Å². The predicted octanol–water partition coefficient (Wildman–Crippen LogP) is 3.54. The van der Waals surface area contributed by atoms with E-state index in [0.717, 1.165) is 24.8 Å². The second kappa shape index (κ2) is 9.81. The highest BCUT2D eigenvalue weighted by Crippen LogP contribution is 2.23. The quantitative estimate of drug-likeness (QED) is 0.561. The fraction of sp³-hybridized carbons (Fsp3) is 0.318. The summed E-state index contributed by atoms with van der Waals surface area (Å²) in [5.41, 5.74) is 1.60. The van der Waals surface area contributed by atoms with E-state index in [2.05, 4.69) is 15.5 Å². The molecule has 0 spiro atoms. The van der Waals surface area contributed by atoms with Gasteiger partial charge >= 0.3 is 11.8 Å². The van der Waals surface area contributed by atoms with Crippen molar-refractivity contribution in [1.82, 2.24) is 19.8 Å². The number of nitrogens with one attached hydrogen (secondary N) is 1. The van der Waals surface area contributed by atoms with Gasteiger partial charge in [-0.25, -0.2) is 8.42 Å². The lowest BCUT2D eigenvalue weighted by atomic mass is 10.1. The SMILES string of the molecule is O=C(NCCc1ccc(Cl)cc1)c1nc(-c2ccc(S(=O)(=O)N3CCCCC3)cc2)no1. The molecule has 168 valence electrons. The van der Waals surface area contributed by atoms with Crippen molar-refractivity contribution in [3.05, 3.63) is 65.0 Å². The number of hydrogen-bond donors (Lipinski definition) is 1. The number of amides is 1. The first-order chi connectivity index (χ1) is 15.4. The monoisotopic (exact) mass is 474 g/mol. The van der Waals surface area contributed by atoms with Gasteiger partial charge in [0.05, 0.1) is 4.90 Å². The van der Waals surface area contributed by atoms with Gasteiger partial charge in [-0.2, -0.15) is 9.29 Å². The van der Waals surface area contributed by atoms with Crippen molar-refractivity contribution >= 4 is 27.5 Å². The van der Waals surface area contributed by atoms with Crippen LogP contribution in [0.4, 0.5) is 0 Å². The van der Waals surface area contributed by atoms with Gasteiger partial charge in [-0.15, -0.1) is 0 Å². The van der Waals surface area contributed by atoms with Crippen molar-refractivity contribution in [3.8, 4) is 11.4 Å². The number of aromatic nitrogens is 2. The normalized spacial score (nSPS) is 14.9. The number of rotatable bonds is 7. The largest absolute Gasteiger partial charge is 0.347 e. The topological polar surface area (TPSA) is 105 Å². The van der Waals surface area contributed by atoms with Gasteiger partial charge in [-0.05, 0) is 61.2 Å². The Kier molecular flexibility index (Phi) is 6.88. The number of carbonyl (C=O) groups is 1. The number of hydrogen-bond acceptors (Lipinski definition) is 6. The molecule has 2 aromatic carbocycles. The Balaban J connectivity index is 1.37. The Labute approximate surface area is 191 Å². The van der Waals surface area contributed by atoms with E-state index < -0.39 is 15.9 Å². The molecule has 1 fully saturated rings. The molecular formula is C22H23ClN4O4S. The molecule has 0 saturated carbocycles. The van der Waals surface area contributed by atoms with Crippen LogP contribution in [0.2, 0.25) is 5.02 Å². The first-order valence-electron chi connectivity index (χ1n) is 10.4. The van der Waals surface area contributed by atoms with Gasteiger partial charge in [0.25, 0.3) is 0 Å². The molecular weight excluding hydrogens is 452 g/mol. The number of halogens is 1. The molecule has 4 rings (SSSR count). The van der Waals surface area contributed by atoms with Gasteiger partial charge in [0.2, 0.25) is 15.8 Å². The molecule has 1 amide bonds. The van der Waals surface area contributed by atoms with Crippen LogP contribution in [0.5, 0.6) is 0 Å². The number of sulfonamides is 1. The Morgan fingerprint density at radius 3 is 2.41 bits per heavy atom. The van der Waals surface area contributed by atoms with Crippen LogP contribution in [0.1, 0.15) is 35.5 Å². The maximum absolute atomic E-state index is 12.8. The Hall–Kier alpha value is -2.75. The van der Waals surface area contributed by atoms with Crippen molar-refractivity contribution in [1.29, 1.82) is 0 Å². The van der Waals surface area contributed by atoms with E-state index in [4.69, 9.17) is 16.1 Å². The molecule has 0 atom stereocenters. The molecule has 0 bridgehead atoms. The summed E-state index contributed by atoms with van der Waals surface area (Å²) in [6.07, 6.45) is 3.45. The van der Waals surface area contributed by atoms with Crippen LogP contribution in [0.3, 0.4) is 0 Å². The van der Waals surface area contributed by atoms with E-state index >= 15 is 0 Å². The summed E-state index contributed by atoms with van der Waals surface area (Å²) in [5, 5.41) is 7.24. The van der Waals surface area contributed by atoms with Gasteiger partial charge in [0, 0.05) is 30.2 Å². The third kappa shape index (κ3) is 5.17. The molecule has 0 radical (unpaired) electrons. The maximum Gasteiger partial charge on any atom is 0.316 e. The summed E-state index contributed by atoms with van der Waals surface area (Å²) in [4.78, 5) is 16.6. The van der Waals surface area contributed by atoms with Gasteiger partial charge in [-0.1, -0.05) is 35.3 Å². The third-order valence-corrected chi connectivity index (χ3v) is 7.46. The molecule has 0 unspecified atom stereocenters. The van der Waals surface area contributed by atoms with Gasteiger partial charge in [0.15, 0.2) is 0 Å². The zero-order valence-electron chi connectivity index (χ0n) is 17.3. The van der Waals surface area contributed by atoms with E-state index in [0.29, 0.717) is 36.6 Å². The molecule has 2 heterocycles. The number of carbonyl (C=O) groups excluding carboxylic acids is 1. The van der Waals surface area contributed by atoms with Crippen LogP contribution in [0, 0.1) is 0 Å². The van der Waals surface area contributed by atoms with Crippen LogP contribution >= 0.6 is 11.6 Å². The molecule has 1 saturated heterocycles. The molecule has 1 aliphatic heterocycles. The average Bonchev–Trinajstić information content (AvgIpc) is 3.31.